The van der Waals surface area contributed by atoms with Crippen LogP contribution in [0.2, 0.25) is 0 Å². The Kier molecular flexibility index (Phi) is 13.4. The van der Waals surface area contributed by atoms with Crippen LogP contribution >= 0.6 is 0 Å². The van der Waals surface area contributed by atoms with Gasteiger partial charge in [-0.05, 0) is 120 Å². The minimum Gasteiger partial charge on any atom is -0.505 e. The molecule has 0 aliphatic heterocycles. The number of benzene rings is 6. The maximum atomic E-state index is 12.5. The number of hydrogen-bond acceptors (Lipinski definition) is 18. The summed E-state index contributed by atoms with van der Waals surface area (Å²) < 4.78 is 149. The summed E-state index contributed by atoms with van der Waals surface area (Å²) in [5.41, 5.74) is 12.0. The summed E-state index contributed by atoms with van der Waals surface area (Å²) in [6.07, 6.45) is 1.06. The Bertz CT molecular complexity index is 3300. The van der Waals surface area contributed by atoms with Crippen molar-refractivity contribution in [1.82, 2.24) is 0 Å². The summed E-state index contributed by atoms with van der Waals surface area (Å²) in [7, 11) is -20.0. The molecule has 6 aromatic carbocycles. The Balaban J connectivity index is 1.48. The fraction of sp³-hybridized carbons (Fsp3) is 0.200. The normalized spacial score (nSPS) is 12.8. The molecule has 0 aliphatic rings. The zero-order valence-electron chi connectivity index (χ0n) is 34.9. The number of anilines is 2. The molecule has 0 saturated heterocycles. The lowest BCUT2D eigenvalue weighted by Crippen LogP contribution is -2.02. The van der Waals surface area contributed by atoms with Crippen molar-refractivity contribution in [2.24, 2.45) is 20.5 Å². The van der Waals surface area contributed by atoms with E-state index in [1.54, 1.807) is 26.0 Å². The molecule has 0 bridgehead atoms. The fourth-order valence-electron chi connectivity index (χ4n) is 6.81. The predicted octanol–water partition coefficient (Wildman–Crippen LogP) is 8.25. The Labute approximate surface area is 377 Å². The van der Waals surface area contributed by atoms with Crippen molar-refractivity contribution in [1.29, 1.82) is 0 Å². The van der Waals surface area contributed by atoms with Gasteiger partial charge in [0.25, 0.3) is 40.5 Å². The van der Waals surface area contributed by atoms with Crippen molar-refractivity contribution in [2.75, 3.05) is 24.7 Å². The molecule has 0 aromatic heterocycles. The number of nitrogens with two attached hydrogens (primary N) is 2. The summed E-state index contributed by atoms with van der Waals surface area (Å²) >= 11 is 0. The number of rotatable bonds is 15. The Morgan fingerprint density at radius 2 is 0.848 bits per heavy atom. The van der Waals surface area contributed by atoms with E-state index in [4.69, 9.17) is 20.9 Å². The molecule has 6 rings (SSSR count). The SMILES string of the molecule is CCCOc1cc(-c2cc(OCCC)c(N=Nc3c(S(=O)(=O)O)cc4cc(S(=O)(=O)O)cc(N)c4c3O)cc2C)c(C)cc1N=Nc1c(S(=O)(=O)O)cc2cc(S(=O)(=O)O)cc(N)c2c1O. The molecule has 350 valence electrons. The Hall–Kier alpha value is -6.52. The van der Waals surface area contributed by atoms with Crippen molar-refractivity contribution >= 4 is 96.1 Å². The van der Waals surface area contributed by atoms with Gasteiger partial charge in [-0.1, -0.05) is 13.8 Å². The summed E-state index contributed by atoms with van der Waals surface area (Å²) in [4.78, 5) is -3.36. The van der Waals surface area contributed by atoms with E-state index in [0.717, 1.165) is 36.4 Å². The van der Waals surface area contributed by atoms with Gasteiger partial charge >= 0.3 is 0 Å². The minimum absolute atomic E-state index is 0.0328. The predicted molar refractivity (Wildman–Crippen MR) is 241 cm³/mol. The van der Waals surface area contributed by atoms with Crippen LogP contribution < -0.4 is 20.9 Å². The first-order valence-electron chi connectivity index (χ1n) is 19.1. The minimum atomic E-state index is -5.16. The van der Waals surface area contributed by atoms with Crippen LogP contribution in [0, 0.1) is 13.8 Å². The van der Waals surface area contributed by atoms with Crippen LogP contribution in [0.3, 0.4) is 0 Å². The zero-order chi connectivity index (χ0) is 48.8. The molecule has 0 saturated carbocycles. The number of ether oxygens (including phenoxy) is 2. The average Bonchev–Trinajstić information content (AvgIpc) is 3.20. The molecule has 0 aliphatic carbocycles. The summed E-state index contributed by atoms with van der Waals surface area (Å²) in [6.45, 7) is 7.40. The molecule has 66 heavy (non-hydrogen) atoms. The van der Waals surface area contributed by atoms with Gasteiger partial charge in [-0.2, -0.15) is 33.7 Å². The highest BCUT2D eigenvalue weighted by Crippen LogP contribution is 2.48. The van der Waals surface area contributed by atoms with E-state index in [2.05, 4.69) is 20.5 Å². The lowest BCUT2D eigenvalue weighted by atomic mass is 9.95. The molecular formula is C40H40N6O16S4. The standard InChI is InChI=1S/C40H40N6O16S4/c1-5-7-61-31-17-25(19(3)9-29(31)43-45-37-33(65(55,56)57)13-21-11-23(63(49,50)51)15-27(41)35(21)39(37)47)26-18-32(62-8-6-2)30(10-20(26)4)44-46-38-34(66(58,59)60)14-22-12-24(64(52,53)54)16-28(42)36(22)40(38)48/h9-18,47-48H,5-8,41-42H2,1-4H3,(H,49,50,51)(H,52,53,54)(H,55,56,57)(H,58,59,60). The lowest BCUT2D eigenvalue weighted by molar-refractivity contribution is 0.318. The van der Waals surface area contributed by atoms with Crippen molar-refractivity contribution in [2.45, 2.75) is 60.1 Å². The fourth-order valence-corrected chi connectivity index (χ4v) is 9.23. The molecule has 26 heteroatoms. The smallest absolute Gasteiger partial charge is 0.296 e. The van der Waals surface area contributed by atoms with E-state index in [1.165, 1.54) is 12.1 Å². The summed E-state index contributed by atoms with van der Waals surface area (Å²) in [6, 6.07) is 11.2. The molecule has 0 fully saturated rings. The zero-order valence-corrected chi connectivity index (χ0v) is 38.2. The molecule has 22 nitrogen and oxygen atoms in total. The largest absolute Gasteiger partial charge is 0.505 e. The van der Waals surface area contributed by atoms with E-state index >= 15 is 0 Å². The molecule has 0 heterocycles. The van der Waals surface area contributed by atoms with Crippen LogP contribution in [0.1, 0.15) is 37.8 Å². The molecular weight excluding hydrogens is 949 g/mol. The number of nitrogens with zero attached hydrogens (tertiary/aromatic N) is 4. The van der Waals surface area contributed by atoms with E-state index < -0.39 is 82.9 Å². The third kappa shape index (κ3) is 9.99. The van der Waals surface area contributed by atoms with Gasteiger partial charge < -0.3 is 31.2 Å². The first-order valence-corrected chi connectivity index (χ1v) is 24.9. The topological polar surface area (TPSA) is 378 Å². The van der Waals surface area contributed by atoms with Crippen molar-refractivity contribution < 1.29 is 71.6 Å². The highest BCUT2D eigenvalue weighted by Gasteiger charge is 2.27. The molecule has 0 spiro atoms. The highest BCUT2D eigenvalue weighted by atomic mass is 32.2. The summed E-state index contributed by atoms with van der Waals surface area (Å²) in [5, 5.41) is 37.7. The van der Waals surface area contributed by atoms with Crippen molar-refractivity contribution in [3.8, 4) is 34.1 Å². The number of fused-ring (bicyclic) bond motifs is 2. The molecule has 0 amide bonds. The maximum Gasteiger partial charge on any atom is 0.296 e. The van der Waals surface area contributed by atoms with E-state index in [0.29, 0.717) is 35.1 Å². The van der Waals surface area contributed by atoms with E-state index in [-0.39, 0.29) is 69.0 Å². The highest BCUT2D eigenvalue weighted by molar-refractivity contribution is 7.86. The van der Waals surface area contributed by atoms with Crippen molar-refractivity contribution in [3.05, 3.63) is 71.8 Å². The average molecular weight is 989 g/mol. The number of phenolic OH excluding ortho intramolecular Hbond substituents is 2. The number of nitrogen functional groups attached to an aromatic ring is 2. The molecule has 0 unspecified atom stereocenters. The van der Waals surface area contributed by atoms with Gasteiger partial charge in [-0.25, -0.2) is 0 Å². The van der Waals surface area contributed by atoms with E-state index in [9.17, 15) is 62.1 Å². The number of aromatic hydroxyl groups is 2. The van der Waals surface area contributed by atoms with Crippen LogP contribution in [-0.2, 0) is 40.5 Å². The summed E-state index contributed by atoms with van der Waals surface area (Å²) in [5.74, 6) is -1.52. The maximum absolute atomic E-state index is 12.5. The van der Waals surface area contributed by atoms with Gasteiger partial charge in [0.05, 0.1) is 23.0 Å². The first kappa shape index (κ1) is 48.9. The quantitative estimate of drug-likeness (QED) is 0.0272. The van der Waals surface area contributed by atoms with Crippen LogP contribution in [0.5, 0.6) is 23.0 Å². The van der Waals surface area contributed by atoms with Gasteiger partial charge in [0.1, 0.15) is 44.0 Å². The van der Waals surface area contributed by atoms with Crippen LogP contribution in [0.15, 0.2) is 101 Å². The van der Waals surface area contributed by atoms with E-state index in [1.807, 2.05) is 13.8 Å². The lowest BCUT2D eigenvalue weighted by Gasteiger charge is -2.17. The Morgan fingerprint density at radius 1 is 0.500 bits per heavy atom. The van der Waals surface area contributed by atoms with Crippen LogP contribution in [0.25, 0.3) is 32.7 Å². The second kappa shape index (κ2) is 18.0. The van der Waals surface area contributed by atoms with Crippen LogP contribution in [0.4, 0.5) is 34.1 Å². The molecule has 0 radical (unpaired) electrons. The Morgan fingerprint density at radius 3 is 1.15 bits per heavy atom. The van der Waals surface area contributed by atoms with Gasteiger partial charge in [0.15, 0.2) is 11.5 Å². The number of phenols is 2. The second-order valence-electron chi connectivity index (χ2n) is 14.6. The monoisotopic (exact) mass is 988 g/mol. The third-order valence-corrected chi connectivity index (χ3v) is 13.2. The first-order chi connectivity index (χ1) is 30.6. The third-order valence-electron chi connectivity index (χ3n) is 9.80. The molecule has 6 aromatic rings. The number of azo groups is 2. The molecule has 10 N–H and O–H groups in total. The number of hydrogen-bond donors (Lipinski definition) is 8. The molecule has 0 atom stereocenters. The van der Waals surface area contributed by atoms with Gasteiger partial charge in [0.2, 0.25) is 0 Å². The van der Waals surface area contributed by atoms with Gasteiger partial charge in [-0.15, -0.1) is 20.5 Å². The van der Waals surface area contributed by atoms with Gasteiger partial charge in [-0.3, -0.25) is 18.2 Å². The van der Waals surface area contributed by atoms with Crippen LogP contribution in [-0.4, -0.2) is 75.3 Å². The van der Waals surface area contributed by atoms with Gasteiger partial charge in [0, 0.05) is 22.1 Å². The van der Waals surface area contributed by atoms with Crippen molar-refractivity contribution in [3.63, 3.8) is 0 Å². The number of aryl methyl sites for hydroxylation is 2. The second-order valence-corrected chi connectivity index (χ2v) is 20.3.